The predicted octanol–water partition coefficient (Wildman–Crippen LogP) is 10.6. The summed E-state index contributed by atoms with van der Waals surface area (Å²) < 4.78 is 8.96. The third kappa shape index (κ3) is 3.29. The number of hydrogen-bond donors (Lipinski definition) is 0. The maximum atomic E-state index is 6.60. The molecule has 2 aromatic heterocycles. The monoisotopic (exact) mass is 513 g/mol. The van der Waals surface area contributed by atoms with Crippen LogP contribution in [0, 0.1) is 13.8 Å². The third-order valence-electron chi connectivity index (χ3n) is 8.38. The summed E-state index contributed by atoms with van der Waals surface area (Å²) in [6, 6.07) is 45.6. The lowest BCUT2D eigenvalue weighted by Gasteiger charge is -2.14. The van der Waals surface area contributed by atoms with Gasteiger partial charge in [-0.1, -0.05) is 97.1 Å². The highest BCUT2D eigenvalue weighted by atomic mass is 16.3. The second kappa shape index (κ2) is 8.72. The van der Waals surface area contributed by atoms with Gasteiger partial charge in [-0.2, -0.15) is 0 Å². The highest BCUT2D eigenvalue weighted by Crippen LogP contribution is 2.41. The lowest BCUT2D eigenvalue weighted by atomic mass is 9.90. The average Bonchev–Trinajstić information content (AvgIpc) is 3.53. The Morgan fingerprint density at radius 2 is 1.05 bits per heavy atom. The van der Waals surface area contributed by atoms with Crippen molar-refractivity contribution in [2.45, 2.75) is 13.8 Å². The van der Waals surface area contributed by atoms with E-state index in [-0.39, 0.29) is 0 Å². The van der Waals surface area contributed by atoms with Crippen molar-refractivity contribution < 1.29 is 4.42 Å². The Balaban J connectivity index is 1.35. The zero-order valence-electron chi connectivity index (χ0n) is 22.5. The highest BCUT2D eigenvalue weighted by molar-refractivity contribution is 6.12. The van der Waals surface area contributed by atoms with Gasteiger partial charge < -0.3 is 8.98 Å². The smallest absolute Gasteiger partial charge is 0.143 e. The van der Waals surface area contributed by atoms with E-state index in [1.165, 1.54) is 49.6 Å². The van der Waals surface area contributed by atoms with E-state index in [4.69, 9.17) is 4.42 Å². The van der Waals surface area contributed by atoms with Crippen molar-refractivity contribution >= 4 is 43.7 Å². The lowest BCUT2D eigenvalue weighted by molar-refractivity contribution is 0.670. The standard InChI is InChI=1S/C38H27NO/c1-24-11-3-4-12-27(24)28-15-9-16-29(25(28)2)32-17-10-18-33-34-23-26(21-22-37(34)40-38(32)33)39-35-19-7-5-13-30(35)31-14-6-8-20-36(31)39/h3-23H,1-2H3. The predicted molar refractivity (Wildman–Crippen MR) is 168 cm³/mol. The molecule has 8 aromatic rings. The van der Waals surface area contributed by atoms with Crippen molar-refractivity contribution in [1.29, 1.82) is 0 Å². The van der Waals surface area contributed by atoms with Gasteiger partial charge in [0.2, 0.25) is 0 Å². The fourth-order valence-corrected chi connectivity index (χ4v) is 6.43. The van der Waals surface area contributed by atoms with Gasteiger partial charge in [0.1, 0.15) is 11.2 Å². The molecule has 0 radical (unpaired) electrons. The zero-order chi connectivity index (χ0) is 26.8. The quantitative estimate of drug-likeness (QED) is 0.230. The van der Waals surface area contributed by atoms with E-state index in [1.807, 2.05) is 0 Å². The normalized spacial score (nSPS) is 11.8. The van der Waals surface area contributed by atoms with Gasteiger partial charge >= 0.3 is 0 Å². The van der Waals surface area contributed by atoms with Crippen molar-refractivity contribution in [3.63, 3.8) is 0 Å². The van der Waals surface area contributed by atoms with Gasteiger partial charge in [0.15, 0.2) is 0 Å². The highest BCUT2D eigenvalue weighted by Gasteiger charge is 2.17. The number of nitrogens with zero attached hydrogens (tertiary/aromatic N) is 1. The number of aryl methyl sites for hydroxylation is 1. The molecule has 0 saturated carbocycles. The van der Waals surface area contributed by atoms with Gasteiger partial charge in [-0.15, -0.1) is 0 Å². The molecule has 0 amide bonds. The van der Waals surface area contributed by atoms with E-state index in [2.05, 4.69) is 146 Å². The first-order chi connectivity index (χ1) is 19.7. The molecule has 0 aliphatic heterocycles. The SMILES string of the molecule is Cc1ccccc1-c1cccc(-c2cccc3c2oc2ccc(-n4c5ccccc5c5ccccc54)cc23)c1C. The summed E-state index contributed by atoms with van der Waals surface area (Å²) in [5.41, 5.74) is 12.8. The number of benzene rings is 6. The van der Waals surface area contributed by atoms with Crippen molar-refractivity contribution in [2.75, 3.05) is 0 Å². The molecule has 6 aromatic carbocycles. The van der Waals surface area contributed by atoms with E-state index < -0.39 is 0 Å². The van der Waals surface area contributed by atoms with Crippen LogP contribution < -0.4 is 0 Å². The lowest BCUT2D eigenvalue weighted by Crippen LogP contribution is -1.93. The Bertz CT molecular complexity index is 2190. The van der Waals surface area contributed by atoms with E-state index in [0.717, 1.165) is 33.2 Å². The van der Waals surface area contributed by atoms with Gasteiger partial charge in [-0.25, -0.2) is 0 Å². The van der Waals surface area contributed by atoms with E-state index >= 15 is 0 Å². The average molecular weight is 514 g/mol. The molecule has 0 bridgehead atoms. The molecule has 8 rings (SSSR count). The first-order valence-electron chi connectivity index (χ1n) is 13.8. The zero-order valence-corrected chi connectivity index (χ0v) is 22.5. The number of furan rings is 1. The molecule has 0 saturated heterocycles. The number of fused-ring (bicyclic) bond motifs is 6. The van der Waals surface area contributed by atoms with Crippen molar-refractivity contribution in [1.82, 2.24) is 4.57 Å². The summed E-state index contributed by atoms with van der Waals surface area (Å²) >= 11 is 0. The van der Waals surface area contributed by atoms with Crippen LogP contribution in [0.15, 0.2) is 132 Å². The summed E-state index contributed by atoms with van der Waals surface area (Å²) in [5, 5.41) is 4.79. The van der Waals surface area contributed by atoms with Crippen LogP contribution in [0.1, 0.15) is 11.1 Å². The van der Waals surface area contributed by atoms with Crippen molar-refractivity contribution in [2.24, 2.45) is 0 Å². The van der Waals surface area contributed by atoms with Crippen LogP contribution in [0.4, 0.5) is 0 Å². The first kappa shape index (κ1) is 22.9. The molecular formula is C38H27NO. The van der Waals surface area contributed by atoms with Crippen molar-refractivity contribution in [3.8, 4) is 27.9 Å². The summed E-state index contributed by atoms with van der Waals surface area (Å²) in [4.78, 5) is 0. The maximum Gasteiger partial charge on any atom is 0.143 e. The van der Waals surface area contributed by atoms with Gasteiger partial charge in [-0.3, -0.25) is 0 Å². The molecule has 0 fully saturated rings. The van der Waals surface area contributed by atoms with Crippen molar-refractivity contribution in [3.05, 3.63) is 139 Å². The summed E-state index contributed by atoms with van der Waals surface area (Å²) in [5.74, 6) is 0. The summed E-state index contributed by atoms with van der Waals surface area (Å²) in [6.45, 7) is 4.40. The van der Waals surface area contributed by atoms with Gasteiger partial charge in [-0.05, 0) is 72.0 Å². The number of hydrogen-bond acceptors (Lipinski definition) is 1. The summed E-state index contributed by atoms with van der Waals surface area (Å²) in [7, 11) is 0. The fourth-order valence-electron chi connectivity index (χ4n) is 6.43. The molecule has 2 nitrogen and oxygen atoms in total. The van der Waals surface area contributed by atoms with Crippen LogP contribution in [-0.4, -0.2) is 4.57 Å². The molecule has 0 unspecified atom stereocenters. The summed E-state index contributed by atoms with van der Waals surface area (Å²) in [6.07, 6.45) is 0. The van der Waals surface area contributed by atoms with E-state index in [1.54, 1.807) is 0 Å². The second-order valence-corrected chi connectivity index (χ2v) is 10.6. The number of rotatable bonds is 3. The minimum Gasteiger partial charge on any atom is -0.455 e. The van der Waals surface area contributed by atoms with Gasteiger partial charge in [0, 0.05) is 32.8 Å². The van der Waals surface area contributed by atoms with Crippen LogP contribution >= 0.6 is 0 Å². The number of para-hydroxylation sites is 3. The van der Waals surface area contributed by atoms with E-state index in [9.17, 15) is 0 Å². The Kier molecular flexibility index (Phi) is 4.99. The second-order valence-electron chi connectivity index (χ2n) is 10.6. The minimum atomic E-state index is 0.902. The largest absolute Gasteiger partial charge is 0.455 e. The molecule has 2 heterocycles. The molecule has 2 heteroatoms. The number of aromatic nitrogens is 1. The molecule has 0 spiro atoms. The third-order valence-corrected chi connectivity index (χ3v) is 8.38. The molecule has 0 atom stereocenters. The van der Waals surface area contributed by atoms with Crippen LogP contribution in [0.25, 0.3) is 71.7 Å². The molecular weight excluding hydrogens is 486 g/mol. The van der Waals surface area contributed by atoms with Crippen LogP contribution in [0.2, 0.25) is 0 Å². The first-order valence-corrected chi connectivity index (χ1v) is 13.8. The Hall–Kier alpha value is -5.08. The topological polar surface area (TPSA) is 18.1 Å². The molecule has 0 aliphatic rings. The molecule has 40 heavy (non-hydrogen) atoms. The Morgan fingerprint density at radius 1 is 0.475 bits per heavy atom. The molecule has 0 N–H and O–H groups in total. The molecule has 0 aliphatic carbocycles. The fraction of sp³-hybridized carbons (Fsp3) is 0.0526. The molecule has 190 valence electrons. The van der Waals surface area contributed by atoms with Crippen LogP contribution in [0.5, 0.6) is 0 Å². The van der Waals surface area contributed by atoms with Crippen LogP contribution in [-0.2, 0) is 0 Å². The Labute approximate surface area is 232 Å². The van der Waals surface area contributed by atoms with E-state index in [0.29, 0.717) is 0 Å². The van der Waals surface area contributed by atoms with Gasteiger partial charge in [0.25, 0.3) is 0 Å². The minimum absolute atomic E-state index is 0.902. The Morgan fingerprint density at radius 3 is 1.80 bits per heavy atom. The van der Waals surface area contributed by atoms with Crippen LogP contribution in [0.3, 0.4) is 0 Å². The van der Waals surface area contributed by atoms with Gasteiger partial charge in [0.05, 0.1) is 11.0 Å². The maximum absolute atomic E-state index is 6.60.